The summed E-state index contributed by atoms with van der Waals surface area (Å²) in [6.45, 7) is 11.7. The SMILES string of the molecule is CC1(C)C2CC=C(CN(CCN3CCNCC3)C(=O)c3cccs3)C1C2. The minimum Gasteiger partial charge on any atom is -0.333 e. The number of rotatable bonds is 6. The van der Waals surface area contributed by atoms with Crippen molar-refractivity contribution in [3.63, 3.8) is 0 Å². The van der Waals surface area contributed by atoms with Gasteiger partial charge in [0.2, 0.25) is 0 Å². The third-order valence-corrected chi connectivity index (χ3v) is 7.73. The maximum Gasteiger partial charge on any atom is 0.264 e. The summed E-state index contributed by atoms with van der Waals surface area (Å²) < 4.78 is 0. The lowest BCUT2D eigenvalue weighted by atomic mass is 9.49. The number of thiophene rings is 1. The average Bonchev–Trinajstić information content (AvgIpc) is 3.20. The molecule has 2 fully saturated rings. The second kappa shape index (κ2) is 7.45. The number of nitrogens with zero attached hydrogens (tertiary/aromatic N) is 2. The van der Waals surface area contributed by atoms with Crippen molar-refractivity contribution in [3.8, 4) is 0 Å². The first-order valence-corrected chi connectivity index (χ1v) is 10.9. The molecular formula is C21H31N3OS. The van der Waals surface area contributed by atoms with Gasteiger partial charge in [0.25, 0.3) is 5.91 Å². The van der Waals surface area contributed by atoms with E-state index in [1.54, 1.807) is 11.3 Å². The molecular weight excluding hydrogens is 342 g/mol. The van der Waals surface area contributed by atoms with Crippen LogP contribution in [0.1, 0.15) is 36.4 Å². The van der Waals surface area contributed by atoms with Gasteiger partial charge in [0.05, 0.1) is 4.88 Å². The first kappa shape index (κ1) is 18.2. The van der Waals surface area contributed by atoms with E-state index in [4.69, 9.17) is 0 Å². The molecule has 26 heavy (non-hydrogen) atoms. The zero-order valence-corrected chi connectivity index (χ0v) is 16.9. The largest absolute Gasteiger partial charge is 0.333 e. The standard InChI is InChI=1S/C21H31N3OS/c1-21(2)17-6-5-16(18(21)14-17)15-24(20(25)19-4-3-13-26-19)12-11-23-9-7-22-8-10-23/h3-5,13,17-18,22H,6-12,14-15H2,1-2H3. The number of carbonyl (C=O) groups excluding carboxylic acids is 1. The van der Waals surface area contributed by atoms with Crippen LogP contribution in [0.3, 0.4) is 0 Å². The van der Waals surface area contributed by atoms with Crippen LogP contribution in [0.25, 0.3) is 0 Å². The van der Waals surface area contributed by atoms with Crippen LogP contribution in [0.2, 0.25) is 0 Å². The van der Waals surface area contributed by atoms with Crippen LogP contribution in [0.15, 0.2) is 29.2 Å². The predicted octanol–water partition coefficient (Wildman–Crippen LogP) is 3.09. The Hall–Kier alpha value is -1.17. The van der Waals surface area contributed by atoms with Gasteiger partial charge in [-0.3, -0.25) is 9.69 Å². The highest BCUT2D eigenvalue weighted by atomic mass is 32.1. The van der Waals surface area contributed by atoms with Gasteiger partial charge in [-0.2, -0.15) is 0 Å². The number of hydrogen-bond donors (Lipinski definition) is 1. The highest BCUT2D eigenvalue weighted by molar-refractivity contribution is 7.12. The molecule has 1 N–H and O–H groups in total. The maximum atomic E-state index is 13.1. The van der Waals surface area contributed by atoms with Crippen LogP contribution < -0.4 is 5.32 Å². The normalized spacial score (nSPS) is 27.5. The Morgan fingerprint density at radius 3 is 2.85 bits per heavy atom. The third kappa shape index (κ3) is 3.49. The molecule has 142 valence electrons. The molecule has 1 amide bonds. The van der Waals surface area contributed by atoms with Crippen molar-refractivity contribution in [1.29, 1.82) is 0 Å². The molecule has 2 unspecified atom stereocenters. The van der Waals surface area contributed by atoms with E-state index in [2.05, 4.69) is 35.0 Å². The van der Waals surface area contributed by atoms with E-state index in [0.29, 0.717) is 11.3 Å². The Labute approximate surface area is 161 Å². The highest BCUT2D eigenvalue weighted by Crippen LogP contribution is 2.59. The van der Waals surface area contributed by atoms with Crippen molar-refractivity contribution in [1.82, 2.24) is 15.1 Å². The van der Waals surface area contributed by atoms with Crippen LogP contribution in [-0.2, 0) is 0 Å². The minimum atomic E-state index is 0.204. The van der Waals surface area contributed by atoms with Crippen LogP contribution in [0, 0.1) is 17.3 Å². The van der Waals surface area contributed by atoms with E-state index in [0.717, 1.165) is 56.6 Å². The van der Waals surface area contributed by atoms with Gasteiger partial charge in [0, 0.05) is 45.8 Å². The number of hydrogen-bond acceptors (Lipinski definition) is 4. The first-order valence-electron chi connectivity index (χ1n) is 10.0. The highest BCUT2D eigenvalue weighted by Gasteiger charge is 2.51. The molecule has 1 saturated carbocycles. The quantitative estimate of drug-likeness (QED) is 0.779. The zero-order chi connectivity index (χ0) is 18.1. The molecule has 0 spiro atoms. The predicted molar refractivity (Wildman–Crippen MR) is 108 cm³/mol. The molecule has 1 saturated heterocycles. The maximum absolute atomic E-state index is 13.1. The van der Waals surface area contributed by atoms with E-state index in [1.165, 1.54) is 18.4 Å². The summed E-state index contributed by atoms with van der Waals surface area (Å²) in [5, 5.41) is 5.40. The van der Waals surface area contributed by atoms with Crippen molar-refractivity contribution in [2.24, 2.45) is 17.3 Å². The molecule has 3 aliphatic carbocycles. The molecule has 1 aromatic heterocycles. The lowest BCUT2D eigenvalue weighted by molar-refractivity contribution is -0.0104. The number of allylic oxidation sites excluding steroid dienone is 1. The van der Waals surface area contributed by atoms with Gasteiger partial charge >= 0.3 is 0 Å². The number of piperazine rings is 1. The van der Waals surface area contributed by atoms with Gasteiger partial charge in [-0.1, -0.05) is 31.6 Å². The molecule has 0 aromatic carbocycles. The van der Waals surface area contributed by atoms with Crippen molar-refractivity contribution in [3.05, 3.63) is 34.0 Å². The van der Waals surface area contributed by atoms with Gasteiger partial charge in [0.15, 0.2) is 0 Å². The molecule has 2 atom stereocenters. The van der Waals surface area contributed by atoms with E-state index in [1.807, 2.05) is 17.5 Å². The molecule has 2 heterocycles. The second-order valence-corrected chi connectivity index (χ2v) is 9.56. The molecule has 1 aliphatic heterocycles. The Bertz CT molecular complexity index is 661. The van der Waals surface area contributed by atoms with Gasteiger partial charge < -0.3 is 10.2 Å². The van der Waals surface area contributed by atoms with E-state index >= 15 is 0 Å². The molecule has 4 nitrogen and oxygen atoms in total. The summed E-state index contributed by atoms with van der Waals surface area (Å²) in [4.78, 5) is 18.6. The fraction of sp³-hybridized carbons (Fsp3) is 0.667. The van der Waals surface area contributed by atoms with E-state index in [9.17, 15) is 4.79 Å². The van der Waals surface area contributed by atoms with Gasteiger partial charge in [-0.05, 0) is 41.5 Å². The molecule has 5 rings (SSSR count). The molecule has 4 aliphatic rings. The van der Waals surface area contributed by atoms with Crippen molar-refractivity contribution in [2.45, 2.75) is 26.7 Å². The van der Waals surface area contributed by atoms with Crippen LogP contribution >= 0.6 is 11.3 Å². The Morgan fingerprint density at radius 2 is 2.19 bits per heavy atom. The smallest absolute Gasteiger partial charge is 0.264 e. The summed E-state index contributed by atoms with van der Waals surface area (Å²) in [6.07, 6.45) is 4.94. The second-order valence-electron chi connectivity index (χ2n) is 8.62. The van der Waals surface area contributed by atoms with Crippen LogP contribution in [0.5, 0.6) is 0 Å². The van der Waals surface area contributed by atoms with Gasteiger partial charge in [0.1, 0.15) is 0 Å². The number of nitrogens with one attached hydrogen (secondary N) is 1. The first-order chi connectivity index (χ1) is 12.6. The lowest BCUT2D eigenvalue weighted by Crippen LogP contribution is -2.51. The number of carbonyl (C=O) groups is 1. The van der Waals surface area contributed by atoms with Crippen molar-refractivity contribution in [2.75, 3.05) is 45.8 Å². The topological polar surface area (TPSA) is 35.6 Å². The minimum absolute atomic E-state index is 0.204. The summed E-state index contributed by atoms with van der Waals surface area (Å²) >= 11 is 1.56. The fourth-order valence-corrected chi connectivity index (χ4v) is 5.57. The van der Waals surface area contributed by atoms with Gasteiger partial charge in [-0.15, -0.1) is 11.3 Å². The molecule has 2 bridgehead atoms. The summed E-state index contributed by atoms with van der Waals surface area (Å²) in [7, 11) is 0. The van der Waals surface area contributed by atoms with E-state index < -0.39 is 0 Å². The van der Waals surface area contributed by atoms with Crippen LogP contribution in [0.4, 0.5) is 0 Å². The molecule has 1 aromatic rings. The average molecular weight is 374 g/mol. The third-order valence-electron chi connectivity index (χ3n) is 6.87. The lowest BCUT2D eigenvalue weighted by Gasteiger charge is -2.57. The monoisotopic (exact) mass is 373 g/mol. The van der Waals surface area contributed by atoms with E-state index in [-0.39, 0.29) is 5.91 Å². The summed E-state index contributed by atoms with van der Waals surface area (Å²) in [5.74, 6) is 1.72. The summed E-state index contributed by atoms with van der Waals surface area (Å²) in [5.41, 5.74) is 1.92. The van der Waals surface area contributed by atoms with Crippen molar-refractivity contribution < 1.29 is 4.79 Å². The van der Waals surface area contributed by atoms with Gasteiger partial charge in [-0.25, -0.2) is 0 Å². The number of fused-ring (bicyclic) bond motifs is 1. The number of amides is 1. The molecule has 5 heteroatoms. The molecule has 0 radical (unpaired) electrons. The van der Waals surface area contributed by atoms with Crippen molar-refractivity contribution >= 4 is 17.2 Å². The zero-order valence-electron chi connectivity index (χ0n) is 16.0. The fourth-order valence-electron chi connectivity index (χ4n) is 4.88. The Morgan fingerprint density at radius 1 is 1.38 bits per heavy atom. The van der Waals surface area contributed by atoms with Crippen LogP contribution in [-0.4, -0.2) is 61.5 Å². The Kier molecular flexibility index (Phi) is 5.22. The summed E-state index contributed by atoms with van der Waals surface area (Å²) in [6, 6.07) is 3.94. The Balaban J connectivity index is 1.45.